The molecule has 19 heteroatoms. The maximum absolute atomic E-state index is 10.4. The van der Waals surface area contributed by atoms with Gasteiger partial charge in [-0.2, -0.15) is 0 Å². The van der Waals surface area contributed by atoms with Crippen molar-refractivity contribution in [1.82, 2.24) is 5.32 Å². The Hall–Kier alpha value is -0.760. The molecule has 3 heterocycles. The van der Waals surface area contributed by atoms with Crippen LogP contribution in [0.2, 0.25) is 0 Å². The lowest BCUT2D eigenvalue weighted by atomic mass is 9.98. The van der Waals surface area contributed by atoms with E-state index in [-0.39, 0.29) is 0 Å². The molecule has 15 atom stereocenters. The van der Waals surface area contributed by atoms with Crippen molar-refractivity contribution in [2.45, 2.75) is 97.7 Å². The lowest BCUT2D eigenvalue weighted by Crippen LogP contribution is -2.64. The molecule has 3 rings (SSSR count). The Morgan fingerprint density at radius 1 is 0.476 bits per heavy atom. The van der Waals surface area contributed by atoms with Gasteiger partial charge in [-0.3, -0.25) is 0 Å². The fourth-order valence-corrected chi connectivity index (χ4v) is 4.68. The van der Waals surface area contributed by atoms with Crippen LogP contribution in [-0.4, -0.2) is 206 Å². The molecule has 0 aliphatic carbocycles. The van der Waals surface area contributed by atoms with Gasteiger partial charge in [-0.25, -0.2) is 0 Å². The minimum atomic E-state index is -1.77. The van der Waals surface area contributed by atoms with Gasteiger partial charge in [0.25, 0.3) is 0 Å². The van der Waals surface area contributed by atoms with Crippen LogP contribution >= 0.6 is 0 Å². The number of ether oxygens (including phenoxy) is 6. The summed E-state index contributed by atoms with van der Waals surface area (Å²) in [5.41, 5.74) is -1.55. The summed E-state index contributed by atoms with van der Waals surface area (Å²) in [6.45, 7) is -3.70. The summed E-state index contributed by atoms with van der Waals surface area (Å²) in [7, 11) is 1.41. The van der Waals surface area contributed by atoms with Crippen LogP contribution in [0.4, 0.5) is 0 Å². The molecule has 3 aliphatic heterocycles. The second-order valence-electron chi connectivity index (χ2n) is 10.6. The molecule has 0 aromatic rings. The summed E-state index contributed by atoms with van der Waals surface area (Å²) in [6.07, 6.45) is -24.1. The van der Waals surface area contributed by atoms with Gasteiger partial charge in [0.2, 0.25) is 0 Å². The summed E-state index contributed by atoms with van der Waals surface area (Å²) >= 11 is 0. The molecule has 0 radical (unpaired) electrons. The third kappa shape index (κ3) is 7.72. The second-order valence-corrected chi connectivity index (χ2v) is 10.6. The van der Waals surface area contributed by atoms with Crippen molar-refractivity contribution in [2.24, 2.45) is 0 Å². The number of hydrogen-bond acceptors (Lipinski definition) is 19. The third-order valence-electron chi connectivity index (χ3n) is 7.65. The molecule has 3 saturated heterocycles. The van der Waals surface area contributed by atoms with Crippen LogP contribution in [0.3, 0.4) is 0 Å². The fourth-order valence-electron chi connectivity index (χ4n) is 4.68. The van der Waals surface area contributed by atoms with Crippen molar-refractivity contribution in [1.29, 1.82) is 0 Å². The highest BCUT2D eigenvalue weighted by molar-refractivity contribution is 4.95. The van der Waals surface area contributed by atoms with Gasteiger partial charge in [0.05, 0.1) is 45.2 Å². The summed E-state index contributed by atoms with van der Waals surface area (Å²) < 4.78 is 33.0. The molecule has 0 spiro atoms. The molecule has 19 nitrogen and oxygen atoms in total. The first-order valence-corrected chi connectivity index (χ1v) is 13.3. The first kappa shape index (κ1) is 35.7. The number of aliphatic hydroxyl groups is 12. The number of nitrogens with one attached hydrogen (secondary N) is 1. The second kappa shape index (κ2) is 15.5. The fraction of sp³-hybridized carbons (Fsp3) is 1.00. The highest BCUT2D eigenvalue weighted by atomic mass is 16.7. The maximum atomic E-state index is 10.4. The van der Waals surface area contributed by atoms with E-state index < -0.39 is 137 Å². The first-order chi connectivity index (χ1) is 19.8. The lowest BCUT2D eigenvalue weighted by molar-refractivity contribution is -0.324. The Bertz CT molecular complexity index is 710. The predicted octanol–water partition coefficient (Wildman–Crippen LogP) is -8.61. The molecule has 3 fully saturated rings. The van der Waals surface area contributed by atoms with Crippen molar-refractivity contribution in [3.05, 3.63) is 0 Å². The topological polar surface area (TPSA) is 310 Å². The highest BCUT2D eigenvalue weighted by Crippen LogP contribution is 2.27. The quantitative estimate of drug-likeness (QED) is 0.0907. The molecule has 0 saturated carbocycles. The Morgan fingerprint density at radius 3 is 0.952 bits per heavy atom. The number of rotatable bonds is 13. The third-order valence-corrected chi connectivity index (χ3v) is 7.65. The van der Waals surface area contributed by atoms with E-state index in [0.29, 0.717) is 0 Å². The van der Waals surface area contributed by atoms with E-state index >= 15 is 0 Å². The Kier molecular flexibility index (Phi) is 13.2. The van der Waals surface area contributed by atoms with E-state index in [9.17, 15) is 61.3 Å². The summed E-state index contributed by atoms with van der Waals surface area (Å²) in [6, 6.07) is 0. The lowest BCUT2D eigenvalue weighted by Gasteiger charge is -2.44. The van der Waals surface area contributed by atoms with E-state index in [2.05, 4.69) is 5.32 Å². The number of aliphatic hydroxyl groups excluding tert-OH is 12. The minimum absolute atomic E-state index is 0.513. The van der Waals surface area contributed by atoms with Gasteiger partial charge < -0.3 is 95.0 Å². The van der Waals surface area contributed by atoms with Crippen LogP contribution in [0.15, 0.2) is 0 Å². The van der Waals surface area contributed by atoms with Crippen molar-refractivity contribution in [3.8, 4) is 0 Å². The SMILES string of the molecule is CNC(COC1OC(CO)C(O)C(O)C1O)(COC1OC(CO)C(O)C(O)C1O)COC1OC(CO)C(O)C(O)C1O. The van der Waals surface area contributed by atoms with E-state index in [1.165, 1.54) is 7.05 Å². The van der Waals surface area contributed by atoms with Crippen LogP contribution < -0.4 is 5.32 Å². The Balaban J connectivity index is 1.78. The average Bonchev–Trinajstić information content (AvgIpc) is 2.99. The predicted molar refractivity (Wildman–Crippen MR) is 131 cm³/mol. The normalized spacial score (nSPS) is 46.4. The molecule has 42 heavy (non-hydrogen) atoms. The minimum Gasteiger partial charge on any atom is -0.394 e. The Labute approximate surface area is 240 Å². The molecule has 0 aromatic carbocycles. The molecule has 13 N–H and O–H groups in total. The zero-order valence-corrected chi connectivity index (χ0v) is 22.7. The van der Waals surface area contributed by atoms with Crippen molar-refractivity contribution < 1.29 is 89.7 Å². The van der Waals surface area contributed by atoms with E-state index in [4.69, 9.17) is 28.4 Å². The van der Waals surface area contributed by atoms with Gasteiger partial charge in [0, 0.05) is 0 Å². The zero-order valence-electron chi connectivity index (χ0n) is 22.7. The van der Waals surface area contributed by atoms with E-state index in [1.54, 1.807) is 0 Å². The van der Waals surface area contributed by atoms with E-state index in [0.717, 1.165) is 0 Å². The van der Waals surface area contributed by atoms with Gasteiger partial charge in [-0.05, 0) is 7.05 Å². The molecule has 248 valence electrons. The number of hydrogen-bond donors (Lipinski definition) is 13. The van der Waals surface area contributed by atoms with Gasteiger partial charge in [-0.15, -0.1) is 0 Å². The molecule has 0 bridgehead atoms. The van der Waals surface area contributed by atoms with Crippen LogP contribution in [-0.2, 0) is 28.4 Å². The van der Waals surface area contributed by atoms with Gasteiger partial charge in [0.15, 0.2) is 18.9 Å². The van der Waals surface area contributed by atoms with Crippen LogP contribution in [0, 0.1) is 0 Å². The summed E-state index contributed by atoms with van der Waals surface area (Å²) in [4.78, 5) is 0. The standard InChI is InChI=1S/C23H43NO18/c1-24-23(5-37-20-17(34)14(31)11(28)8(2-25)40-20,6-38-21-18(35)15(32)12(29)9(3-26)41-21)7-39-22-19(36)16(33)13(30)10(4-27)42-22/h8-22,24-36H,2-7H2,1H3. The maximum Gasteiger partial charge on any atom is 0.186 e. The molecular weight excluding hydrogens is 578 g/mol. The molecule has 3 aliphatic rings. The summed E-state index contributed by atoms with van der Waals surface area (Å²) in [5, 5.41) is 123. The van der Waals surface area contributed by atoms with Crippen molar-refractivity contribution in [3.63, 3.8) is 0 Å². The molecular formula is C23H43NO18. The zero-order chi connectivity index (χ0) is 31.4. The monoisotopic (exact) mass is 621 g/mol. The van der Waals surface area contributed by atoms with Crippen LogP contribution in [0.25, 0.3) is 0 Å². The summed E-state index contributed by atoms with van der Waals surface area (Å²) in [5.74, 6) is 0. The highest BCUT2D eigenvalue weighted by Gasteiger charge is 2.49. The smallest absolute Gasteiger partial charge is 0.186 e. The van der Waals surface area contributed by atoms with Gasteiger partial charge in [0.1, 0.15) is 73.2 Å². The first-order valence-electron chi connectivity index (χ1n) is 13.3. The molecule has 0 amide bonds. The van der Waals surface area contributed by atoms with Gasteiger partial charge in [-0.1, -0.05) is 0 Å². The van der Waals surface area contributed by atoms with Crippen molar-refractivity contribution >= 4 is 0 Å². The van der Waals surface area contributed by atoms with Crippen LogP contribution in [0.5, 0.6) is 0 Å². The van der Waals surface area contributed by atoms with Gasteiger partial charge >= 0.3 is 0 Å². The van der Waals surface area contributed by atoms with Crippen molar-refractivity contribution in [2.75, 3.05) is 46.7 Å². The molecule has 0 aromatic heterocycles. The molecule has 15 unspecified atom stereocenters. The van der Waals surface area contributed by atoms with Crippen LogP contribution in [0.1, 0.15) is 0 Å². The van der Waals surface area contributed by atoms with E-state index in [1.807, 2.05) is 0 Å². The Morgan fingerprint density at radius 2 is 0.738 bits per heavy atom. The average molecular weight is 622 g/mol. The number of likely N-dealkylation sites (N-methyl/N-ethyl adjacent to an activating group) is 1. The largest absolute Gasteiger partial charge is 0.394 e.